The fourth-order valence-corrected chi connectivity index (χ4v) is 1.93. The highest BCUT2D eigenvalue weighted by Gasteiger charge is 2.06. The van der Waals surface area contributed by atoms with Gasteiger partial charge in [-0.15, -0.1) is 0 Å². The van der Waals surface area contributed by atoms with Crippen LogP contribution in [0.3, 0.4) is 0 Å². The highest BCUT2D eigenvalue weighted by Crippen LogP contribution is 2.23. The van der Waals surface area contributed by atoms with E-state index in [4.69, 9.17) is 4.74 Å². The number of ether oxygens (including phenoxy) is 1. The molecule has 19 heavy (non-hydrogen) atoms. The van der Waals surface area contributed by atoms with Crippen molar-refractivity contribution < 1.29 is 4.74 Å². The van der Waals surface area contributed by atoms with Gasteiger partial charge in [0.15, 0.2) is 0 Å². The zero-order chi connectivity index (χ0) is 13.7. The second kappa shape index (κ2) is 6.53. The van der Waals surface area contributed by atoms with Crippen LogP contribution in [0.4, 0.5) is 0 Å². The fourth-order valence-electron chi connectivity index (χ4n) is 1.93. The van der Waals surface area contributed by atoms with E-state index in [2.05, 4.69) is 37.1 Å². The molecule has 2 rings (SSSR count). The van der Waals surface area contributed by atoms with Crippen molar-refractivity contribution in [1.29, 1.82) is 0 Å². The van der Waals surface area contributed by atoms with Crippen LogP contribution in [0.5, 0.6) is 5.75 Å². The van der Waals surface area contributed by atoms with E-state index < -0.39 is 0 Å². The summed E-state index contributed by atoms with van der Waals surface area (Å²) in [6.45, 7) is 8.20. The minimum absolute atomic E-state index is 0.481. The van der Waals surface area contributed by atoms with E-state index in [1.54, 1.807) is 6.20 Å². The van der Waals surface area contributed by atoms with Crippen molar-refractivity contribution in [3.8, 4) is 5.75 Å². The maximum Gasteiger partial charge on any atom is 0.128 e. The lowest BCUT2D eigenvalue weighted by atomic mass is 10.2. The predicted molar refractivity (Wildman–Crippen MR) is 79.5 cm³/mol. The molecule has 1 heterocycles. The molecule has 1 aromatic heterocycles. The average molecular weight is 258 g/mol. The molecular formula is C16H22N2O. The van der Waals surface area contributed by atoms with E-state index >= 15 is 0 Å². The van der Waals surface area contributed by atoms with Crippen LogP contribution in [0.2, 0.25) is 0 Å². The molecule has 0 aliphatic heterocycles. The number of pyridine rings is 1. The van der Waals surface area contributed by atoms with Gasteiger partial charge in [-0.2, -0.15) is 0 Å². The second-order valence-electron chi connectivity index (χ2n) is 5.31. The van der Waals surface area contributed by atoms with Gasteiger partial charge in [-0.1, -0.05) is 26.8 Å². The third-order valence-corrected chi connectivity index (χ3v) is 3.00. The standard InChI is InChI=1S/C16H22N2O/c1-12(2)18-10-13(3)11-19-16-8-4-7-15-14(16)6-5-9-17-15/h4-9,12-13,18H,10-11H2,1-3H3. The number of rotatable bonds is 6. The maximum atomic E-state index is 5.93. The highest BCUT2D eigenvalue weighted by atomic mass is 16.5. The normalized spacial score (nSPS) is 12.8. The largest absolute Gasteiger partial charge is 0.493 e. The van der Waals surface area contributed by atoms with E-state index in [1.807, 2.05) is 24.3 Å². The molecule has 0 aliphatic carbocycles. The molecule has 0 spiro atoms. The third kappa shape index (κ3) is 3.93. The van der Waals surface area contributed by atoms with Gasteiger partial charge < -0.3 is 10.1 Å². The smallest absolute Gasteiger partial charge is 0.128 e. The highest BCUT2D eigenvalue weighted by molar-refractivity contribution is 5.84. The third-order valence-electron chi connectivity index (χ3n) is 3.00. The first kappa shape index (κ1) is 13.8. The molecule has 0 radical (unpaired) electrons. The van der Waals surface area contributed by atoms with Gasteiger partial charge in [0.1, 0.15) is 5.75 Å². The van der Waals surface area contributed by atoms with E-state index in [0.29, 0.717) is 18.6 Å². The van der Waals surface area contributed by atoms with Crippen molar-refractivity contribution in [3.63, 3.8) is 0 Å². The molecule has 3 heteroatoms. The zero-order valence-electron chi connectivity index (χ0n) is 11.9. The molecule has 0 amide bonds. The Bertz CT molecular complexity index is 520. The molecule has 2 aromatic rings. The van der Waals surface area contributed by atoms with Crippen LogP contribution < -0.4 is 10.1 Å². The molecule has 1 N–H and O–H groups in total. The van der Waals surface area contributed by atoms with Gasteiger partial charge in [0, 0.05) is 30.1 Å². The number of hydrogen-bond donors (Lipinski definition) is 1. The summed E-state index contributed by atoms with van der Waals surface area (Å²) in [4.78, 5) is 4.34. The summed E-state index contributed by atoms with van der Waals surface area (Å²) < 4.78 is 5.93. The topological polar surface area (TPSA) is 34.1 Å². The molecule has 0 aliphatic rings. The minimum atomic E-state index is 0.481. The molecule has 0 saturated carbocycles. The molecule has 1 atom stereocenters. The number of aromatic nitrogens is 1. The number of benzene rings is 1. The number of fused-ring (bicyclic) bond motifs is 1. The van der Waals surface area contributed by atoms with Crippen LogP contribution >= 0.6 is 0 Å². The van der Waals surface area contributed by atoms with Gasteiger partial charge in [-0.3, -0.25) is 4.98 Å². The fraction of sp³-hybridized carbons (Fsp3) is 0.438. The Morgan fingerprint density at radius 1 is 1.16 bits per heavy atom. The number of nitrogens with zero attached hydrogens (tertiary/aromatic N) is 1. The van der Waals surface area contributed by atoms with E-state index in [9.17, 15) is 0 Å². The lowest BCUT2D eigenvalue weighted by Crippen LogP contribution is -2.30. The Morgan fingerprint density at radius 3 is 2.79 bits per heavy atom. The van der Waals surface area contributed by atoms with Gasteiger partial charge in [-0.05, 0) is 24.3 Å². The summed E-state index contributed by atoms with van der Waals surface area (Å²) in [5.41, 5.74) is 0.980. The molecule has 0 fully saturated rings. The predicted octanol–water partition coefficient (Wildman–Crippen LogP) is 3.25. The van der Waals surface area contributed by atoms with Crippen LogP contribution in [-0.4, -0.2) is 24.2 Å². The summed E-state index contributed by atoms with van der Waals surface area (Å²) in [6, 6.07) is 10.5. The van der Waals surface area contributed by atoms with Crippen LogP contribution in [0, 0.1) is 5.92 Å². The molecule has 1 aromatic carbocycles. The molecular weight excluding hydrogens is 236 g/mol. The van der Waals surface area contributed by atoms with Crippen LogP contribution in [0.25, 0.3) is 10.9 Å². The maximum absolute atomic E-state index is 5.93. The number of nitrogens with one attached hydrogen (secondary N) is 1. The van der Waals surface area contributed by atoms with Crippen molar-refractivity contribution in [3.05, 3.63) is 36.5 Å². The molecule has 0 bridgehead atoms. The van der Waals surface area contributed by atoms with Crippen LogP contribution in [-0.2, 0) is 0 Å². The van der Waals surface area contributed by atoms with Crippen molar-refractivity contribution in [2.75, 3.05) is 13.2 Å². The lowest BCUT2D eigenvalue weighted by Gasteiger charge is -2.16. The van der Waals surface area contributed by atoms with E-state index in [-0.39, 0.29) is 0 Å². The van der Waals surface area contributed by atoms with E-state index in [0.717, 1.165) is 23.2 Å². The van der Waals surface area contributed by atoms with Gasteiger partial charge >= 0.3 is 0 Å². The van der Waals surface area contributed by atoms with Gasteiger partial charge in [0.2, 0.25) is 0 Å². The summed E-state index contributed by atoms with van der Waals surface area (Å²) in [7, 11) is 0. The molecule has 102 valence electrons. The Kier molecular flexibility index (Phi) is 4.74. The van der Waals surface area contributed by atoms with Crippen LogP contribution in [0.15, 0.2) is 36.5 Å². The summed E-state index contributed by atoms with van der Waals surface area (Å²) >= 11 is 0. The van der Waals surface area contributed by atoms with Gasteiger partial charge in [0.05, 0.1) is 12.1 Å². The van der Waals surface area contributed by atoms with Gasteiger partial charge in [-0.25, -0.2) is 0 Å². The SMILES string of the molecule is CC(CNC(C)C)COc1cccc2ncccc12. The van der Waals surface area contributed by atoms with Crippen LogP contribution in [0.1, 0.15) is 20.8 Å². The summed E-state index contributed by atoms with van der Waals surface area (Å²) in [5, 5.41) is 4.50. The first-order valence-corrected chi connectivity index (χ1v) is 6.86. The Labute approximate surface area is 115 Å². The lowest BCUT2D eigenvalue weighted by molar-refractivity contribution is 0.255. The summed E-state index contributed by atoms with van der Waals surface area (Å²) in [6.07, 6.45) is 1.81. The van der Waals surface area contributed by atoms with Crippen molar-refractivity contribution in [2.45, 2.75) is 26.8 Å². The van der Waals surface area contributed by atoms with Crippen molar-refractivity contribution in [1.82, 2.24) is 10.3 Å². The van der Waals surface area contributed by atoms with E-state index in [1.165, 1.54) is 0 Å². The Hall–Kier alpha value is -1.61. The quantitative estimate of drug-likeness (QED) is 0.863. The Morgan fingerprint density at radius 2 is 2.00 bits per heavy atom. The minimum Gasteiger partial charge on any atom is -0.493 e. The van der Waals surface area contributed by atoms with Crippen molar-refractivity contribution in [2.24, 2.45) is 5.92 Å². The zero-order valence-corrected chi connectivity index (χ0v) is 11.9. The second-order valence-corrected chi connectivity index (χ2v) is 5.31. The molecule has 1 unspecified atom stereocenters. The average Bonchev–Trinajstić information content (AvgIpc) is 2.42. The summed E-state index contributed by atoms with van der Waals surface area (Å²) in [5.74, 6) is 1.40. The Balaban J connectivity index is 1.98. The van der Waals surface area contributed by atoms with Crippen molar-refractivity contribution >= 4 is 10.9 Å². The monoisotopic (exact) mass is 258 g/mol. The molecule has 0 saturated heterocycles. The molecule has 3 nitrogen and oxygen atoms in total. The first-order chi connectivity index (χ1) is 9.16. The number of hydrogen-bond acceptors (Lipinski definition) is 3. The van der Waals surface area contributed by atoms with Gasteiger partial charge in [0.25, 0.3) is 0 Å². The first-order valence-electron chi connectivity index (χ1n) is 6.86.